The summed E-state index contributed by atoms with van der Waals surface area (Å²) in [6, 6.07) is 0. The van der Waals surface area contributed by atoms with Gasteiger partial charge in [0.15, 0.2) is 5.65 Å². The number of rotatable bonds is 1. The molecule has 8 heteroatoms. The summed E-state index contributed by atoms with van der Waals surface area (Å²) >= 11 is 0. The van der Waals surface area contributed by atoms with Gasteiger partial charge >= 0.3 is 6.09 Å². The Morgan fingerprint density at radius 3 is 2.67 bits per heavy atom. The maximum Gasteiger partial charge on any atom is 0.407 e. The lowest BCUT2D eigenvalue weighted by Gasteiger charge is -2.36. The van der Waals surface area contributed by atoms with Gasteiger partial charge in [0.1, 0.15) is 11.2 Å². The minimum atomic E-state index is -0.950. The number of amides is 1. The molecular weight excluding hydrogens is 274 g/mol. The Labute approximate surface area is 120 Å². The second-order valence-corrected chi connectivity index (χ2v) is 6.30. The molecule has 2 aromatic heterocycles. The Balaban J connectivity index is 2.03. The predicted octanol–water partition coefficient (Wildman–Crippen LogP) is 0.952. The molecule has 8 nitrogen and oxygen atoms in total. The van der Waals surface area contributed by atoms with Crippen molar-refractivity contribution in [3.8, 4) is 0 Å². The van der Waals surface area contributed by atoms with E-state index in [1.165, 1.54) is 11.1 Å². The van der Waals surface area contributed by atoms with Gasteiger partial charge in [-0.3, -0.25) is 4.79 Å². The molecule has 0 spiro atoms. The van der Waals surface area contributed by atoms with Crippen molar-refractivity contribution >= 4 is 17.1 Å². The molecule has 1 saturated heterocycles. The van der Waals surface area contributed by atoms with Crippen LogP contribution in [0.5, 0.6) is 0 Å². The molecule has 0 atom stereocenters. The van der Waals surface area contributed by atoms with Gasteiger partial charge in [0, 0.05) is 13.1 Å². The summed E-state index contributed by atoms with van der Waals surface area (Å²) in [5.74, 6) is 0.456. The number of nitrogens with one attached hydrogen (secondary N) is 1. The molecule has 1 aliphatic rings. The van der Waals surface area contributed by atoms with Crippen LogP contribution in [-0.2, 0) is 5.54 Å². The first kappa shape index (κ1) is 13.6. The van der Waals surface area contributed by atoms with Crippen molar-refractivity contribution in [1.82, 2.24) is 24.6 Å². The lowest BCUT2D eigenvalue weighted by Crippen LogP contribution is -2.48. The Morgan fingerprint density at radius 2 is 2.10 bits per heavy atom. The van der Waals surface area contributed by atoms with Crippen LogP contribution in [0, 0.1) is 0 Å². The van der Waals surface area contributed by atoms with Crippen molar-refractivity contribution in [2.75, 3.05) is 13.1 Å². The Morgan fingerprint density at radius 1 is 1.43 bits per heavy atom. The SMILES string of the molecule is CC(C)(C)n1ncc2c(=O)[nH]c(C3CN(C(=O)O)C3)nc21. The van der Waals surface area contributed by atoms with Crippen molar-refractivity contribution in [2.45, 2.75) is 32.2 Å². The number of nitrogens with zero attached hydrogens (tertiary/aromatic N) is 4. The molecule has 112 valence electrons. The molecule has 2 aromatic rings. The highest BCUT2D eigenvalue weighted by atomic mass is 16.4. The van der Waals surface area contributed by atoms with E-state index < -0.39 is 6.09 Å². The molecule has 3 rings (SSSR count). The van der Waals surface area contributed by atoms with Gasteiger partial charge in [-0.05, 0) is 20.8 Å². The zero-order chi connectivity index (χ0) is 15.4. The smallest absolute Gasteiger partial charge is 0.407 e. The second kappa shape index (κ2) is 4.31. The molecule has 0 saturated carbocycles. The van der Waals surface area contributed by atoms with E-state index in [1.807, 2.05) is 20.8 Å². The lowest BCUT2D eigenvalue weighted by molar-refractivity contribution is 0.103. The number of hydrogen-bond donors (Lipinski definition) is 2. The van der Waals surface area contributed by atoms with E-state index in [0.29, 0.717) is 29.9 Å². The predicted molar refractivity (Wildman–Crippen MR) is 75.5 cm³/mol. The van der Waals surface area contributed by atoms with Crippen molar-refractivity contribution in [2.24, 2.45) is 0 Å². The van der Waals surface area contributed by atoms with Gasteiger partial charge in [0.05, 0.1) is 17.7 Å². The molecule has 1 aliphatic heterocycles. The quantitative estimate of drug-likeness (QED) is 0.814. The van der Waals surface area contributed by atoms with Crippen LogP contribution < -0.4 is 5.56 Å². The van der Waals surface area contributed by atoms with Crippen LogP contribution in [0.25, 0.3) is 11.0 Å². The van der Waals surface area contributed by atoms with Crippen molar-refractivity contribution in [3.05, 3.63) is 22.4 Å². The monoisotopic (exact) mass is 291 g/mol. The molecule has 21 heavy (non-hydrogen) atoms. The summed E-state index contributed by atoms with van der Waals surface area (Å²) in [5.41, 5.74) is 0.0151. The zero-order valence-corrected chi connectivity index (χ0v) is 12.1. The largest absolute Gasteiger partial charge is 0.465 e. The molecule has 1 amide bonds. The Hall–Kier alpha value is -2.38. The summed E-state index contributed by atoms with van der Waals surface area (Å²) < 4.78 is 1.72. The standard InChI is InChI=1S/C13H17N5O3/c1-13(2,3)18-10-8(4-14-18)11(19)16-9(15-10)7-5-17(6-7)12(20)21/h4,7H,5-6H2,1-3H3,(H,20,21)(H,15,16,19). The van der Waals surface area contributed by atoms with Crippen LogP contribution >= 0.6 is 0 Å². The number of aromatic amines is 1. The first-order chi connectivity index (χ1) is 9.77. The Bertz CT molecular complexity index is 764. The molecule has 0 unspecified atom stereocenters. The average Bonchev–Trinajstić information content (AvgIpc) is 2.69. The first-order valence-corrected chi connectivity index (χ1v) is 6.73. The third-order valence-electron chi connectivity index (χ3n) is 3.63. The minimum Gasteiger partial charge on any atom is -0.465 e. The normalized spacial score (nSPS) is 16.2. The van der Waals surface area contributed by atoms with E-state index in [4.69, 9.17) is 5.11 Å². The fraction of sp³-hybridized carbons (Fsp3) is 0.538. The fourth-order valence-corrected chi connectivity index (χ4v) is 2.43. The van der Waals surface area contributed by atoms with E-state index in [1.54, 1.807) is 4.68 Å². The number of carbonyl (C=O) groups is 1. The maximum absolute atomic E-state index is 12.1. The summed E-state index contributed by atoms with van der Waals surface area (Å²) in [6.07, 6.45) is 0.565. The van der Waals surface area contributed by atoms with Gasteiger partial charge in [-0.15, -0.1) is 0 Å². The lowest BCUT2D eigenvalue weighted by atomic mass is 10.00. The number of aromatic nitrogens is 4. The first-order valence-electron chi connectivity index (χ1n) is 6.73. The molecule has 0 radical (unpaired) electrons. The van der Waals surface area contributed by atoms with Crippen LogP contribution in [0.1, 0.15) is 32.5 Å². The van der Waals surface area contributed by atoms with Crippen LogP contribution in [0.2, 0.25) is 0 Å². The summed E-state index contributed by atoms with van der Waals surface area (Å²) in [6.45, 7) is 6.66. The van der Waals surface area contributed by atoms with E-state index in [0.717, 1.165) is 0 Å². The number of carboxylic acid groups (broad SMARTS) is 1. The van der Waals surface area contributed by atoms with Gasteiger partial charge in [-0.25, -0.2) is 14.5 Å². The molecule has 3 heterocycles. The van der Waals surface area contributed by atoms with Crippen molar-refractivity contribution in [1.29, 1.82) is 0 Å². The molecule has 1 fully saturated rings. The van der Waals surface area contributed by atoms with Crippen LogP contribution in [0.3, 0.4) is 0 Å². The van der Waals surface area contributed by atoms with Crippen LogP contribution in [0.4, 0.5) is 4.79 Å². The van der Waals surface area contributed by atoms with Crippen LogP contribution in [-0.4, -0.2) is 48.9 Å². The van der Waals surface area contributed by atoms with E-state index in [-0.39, 0.29) is 17.0 Å². The summed E-state index contributed by atoms with van der Waals surface area (Å²) in [7, 11) is 0. The van der Waals surface area contributed by atoms with Gasteiger partial charge in [-0.1, -0.05) is 0 Å². The van der Waals surface area contributed by atoms with E-state index >= 15 is 0 Å². The van der Waals surface area contributed by atoms with Gasteiger partial charge in [0.2, 0.25) is 0 Å². The van der Waals surface area contributed by atoms with Gasteiger partial charge < -0.3 is 15.0 Å². The zero-order valence-electron chi connectivity index (χ0n) is 12.1. The van der Waals surface area contributed by atoms with E-state index in [2.05, 4.69) is 15.1 Å². The summed E-state index contributed by atoms with van der Waals surface area (Å²) in [4.78, 5) is 31.5. The highest BCUT2D eigenvalue weighted by Crippen LogP contribution is 2.25. The number of hydrogen-bond acceptors (Lipinski definition) is 4. The third-order valence-corrected chi connectivity index (χ3v) is 3.63. The molecule has 2 N–H and O–H groups in total. The maximum atomic E-state index is 12.1. The van der Waals surface area contributed by atoms with E-state index in [9.17, 15) is 9.59 Å². The van der Waals surface area contributed by atoms with Gasteiger partial charge in [-0.2, -0.15) is 5.10 Å². The minimum absolute atomic E-state index is 0.0680. The molecular formula is C13H17N5O3. The molecule has 0 aromatic carbocycles. The van der Waals surface area contributed by atoms with Gasteiger partial charge in [0.25, 0.3) is 5.56 Å². The Kier molecular flexibility index (Phi) is 2.79. The van der Waals surface area contributed by atoms with Crippen LogP contribution in [0.15, 0.2) is 11.0 Å². The van der Waals surface area contributed by atoms with Crippen molar-refractivity contribution in [3.63, 3.8) is 0 Å². The summed E-state index contributed by atoms with van der Waals surface area (Å²) in [5, 5.41) is 13.6. The topological polar surface area (TPSA) is 104 Å². The highest BCUT2D eigenvalue weighted by Gasteiger charge is 2.34. The fourth-order valence-electron chi connectivity index (χ4n) is 2.43. The van der Waals surface area contributed by atoms with Crippen molar-refractivity contribution < 1.29 is 9.90 Å². The average molecular weight is 291 g/mol. The highest BCUT2D eigenvalue weighted by molar-refractivity contribution is 5.73. The second-order valence-electron chi connectivity index (χ2n) is 6.30. The number of likely N-dealkylation sites (tertiary alicyclic amines) is 1. The molecule has 0 aliphatic carbocycles. The number of fused-ring (bicyclic) bond motifs is 1. The molecule has 0 bridgehead atoms. The third kappa shape index (κ3) is 2.16. The number of H-pyrrole nitrogens is 1.